The van der Waals surface area contributed by atoms with Crippen molar-refractivity contribution in [2.24, 2.45) is 0 Å². The van der Waals surface area contributed by atoms with Crippen LogP contribution < -0.4 is 14.8 Å². The molecule has 2 aliphatic rings. The van der Waals surface area contributed by atoms with Crippen LogP contribution in [0.1, 0.15) is 24.8 Å². The SMILES string of the molecule is CC(CN1CCCNCC1)c1ccc2c(c1)OCO2. The van der Waals surface area contributed by atoms with Crippen molar-refractivity contribution in [1.29, 1.82) is 0 Å². The highest BCUT2D eigenvalue weighted by Gasteiger charge is 2.18. The van der Waals surface area contributed by atoms with Crippen LogP contribution in [0.2, 0.25) is 0 Å². The van der Waals surface area contributed by atoms with Crippen molar-refractivity contribution in [2.45, 2.75) is 19.3 Å². The van der Waals surface area contributed by atoms with Crippen molar-refractivity contribution in [1.82, 2.24) is 10.2 Å². The van der Waals surface area contributed by atoms with Gasteiger partial charge < -0.3 is 19.7 Å². The number of fused-ring (bicyclic) bond motifs is 1. The number of rotatable bonds is 3. The van der Waals surface area contributed by atoms with E-state index in [4.69, 9.17) is 9.47 Å². The standard InChI is InChI=1S/C15H22N2O2/c1-12(10-17-7-2-5-16-6-8-17)13-3-4-14-15(9-13)19-11-18-14/h3-4,9,12,16H,2,5-8,10-11H2,1H3. The van der Waals surface area contributed by atoms with Crippen LogP contribution in [-0.4, -0.2) is 44.4 Å². The van der Waals surface area contributed by atoms with Crippen LogP contribution in [0.3, 0.4) is 0 Å². The minimum atomic E-state index is 0.352. The molecule has 1 saturated heterocycles. The third-order valence-corrected chi connectivity index (χ3v) is 3.93. The van der Waals surface area contributed by atoms with E-state index in [2.05, 4.69) is 29.3 Å². The molecule has 1 unspecified atom stereocenters. The Morgan fingerprint density at radius 3 is 3.05 bits per heavy atom. The quantitative estimate of drug-likeness (QED) is 0.901. The number of nitrogens with zero attached hydrogens (tertiary/aromatic N) is 1. The molecule has 3 rings (SSSR count). The van der Waals surface area contributed by atoms with Crippen molar-refractivity contribution in [3.63, 3.8) is 0 Å². The normalized spacial score (nSPS) is 21.1. The van der Waals surface area contributed by atoms with E-state index in [9.17, 15) is 0 Å². The molecule has 1 fully saturated rings. The van der Waals surface area contributed by atoms with Gasteiger partial charge in [-0.05, 0) is 43.1 Å². The zero-order valence-electron chi connectivity index (χ0n) is 11.5. The third-order valence-electron chi connectivity index (χ3n) is 3.93. The minimum Gasteiger partial charge on any atom is -0.454 e. The number of ether oxygens (including phenoxy) is 2. The highest BCUT2D eigenvalue weighted by molar-refractivity contribution is 5.45. The van der Waals surface area contributed by atoms with Gasteiger partial charge in [0.25, 0.3) is 0 Å². The van der Waals surface area contributed by atoms with Crippen LogP contribution in [0, 0.1) is 0 Å². The Kier molecular flexibility index (Phi) is 3.89. The Hall–Kier alpha value is -1.26. The molecule has 2 aliphatic heterocycles. The molecule has 0 spiro atoms. The first-order valence-corrected chi connectivity index (χ1v) is 7.15. The summed E-state index contributed by atoms with van der Waals surface area (Å²) in [7, 11) is 0. The molecular formula is C15H22N2O2. The minimum absolute atomic E-state index is 0.352. The fourth-order valence-electron chi connectivity index (χ4n) is 2.80. The van der Waals surface area contributed by atoms with E-state index in [1.807, 2.05) is 6.07 Å². The maximum absolute atomic E-state index is 5.45. The molecule has 2 heterocycles. The number of nitrogens with one attached hydrogen (secondary N) is 1. The van der Waals surface area contributed by atoms with E-state index in [1.165, 1.54) is 18.5 Å². The van der Waals surface area contributed by atoms with Crippen LogP contribution in [0.15, 0.2) is 18.2 Å². The first-order chi connectivity index (χ1) is 9.33. The summed E-state index contributed by atoms with van der Waals surface area (Å²) in [5, 5.41) is 3.45. The fraction of sp³-hybridized carbons (Fsp3) is 0.600. The second-order valence-corrected chi connectivity index (χ2v) is 5.42. The van der Waals surface area contributed by atoms with Crippen molar-refractivity contribution < 1.29 is 9.47 Å². The van der Waals surface area contributed by atoms with Crippen LogP contribution in [0.5, 0.6) is 11.5 Å². The van der Waals surface area contributed by atoms with Crippen LogP contribution in [0.4, 0.5) is 0 Å². The van der Waals surface area contributed by atoms with E-state index in [0.29, 0.717) is 12.7 Å². The van der Waals surface area contributed by atoms with Gasteiger partial charge in [-0.25, -0.2) is 0 Å². The summed E-state index contributed by atoms with van der Waals surface area (Å²) in [4.78, 5) is 2.55. The molecule has 1 aromatic rings. The van der Waals surface area contributed by atoms with Gasteiger partial charge in [0.2, 0.25) is 6.79 Å². The van der Waals surface area contributed by atoms with Gasteiger partial charge in [0.05, 0.1) is 0 Å². The number of hydrogen-bond acceptors (Lipinski definition) is 4. The highest BCUT2D eigenvalue weighted by Crippen LogP contribution is 2.34. The lowest BCUT2D eigenvalue weighted by molar-refractivity contribution is 0.174. The molecule has 1 atom stereocenters. The highest BCUT2D eigenvalue weighted by atomic mass is 16.7. The van der Waals surface area contributed by atoms with Gasteiger partial charge in [-0.15, -0.1) is 0 Å². The lowest BCUT2D eigenvalue weighted by Crippen LogP contribution is -2.31. The Balaban J connectivity index is 1.64. The van der Waals surface area contributed by atoms with Gasteiger partial charge in [-0.1, -0.05) is 13.0 Å². The van der Waals surface area contributed by atoms with Gasteiger partial charge >= 0.3 is 0 Å². The third kappa shape index (κ3) is 3.01. The first kappa shape index (κ1) is 12.8. The van der Waals surface area contributed by atoms with Crippen LogP contribution in [0.25, 0.3) is 0 Å². The summed E-state index contributed by atoms with van der Waals surface area (Å²) >= 11 is 0. The van der Waals surface area contributed by atoms with E-state index >= 15 is 0 Å². The molecule has 4 heteroatoms. The Morgan fingerprint density at radius 2 is 2.11 bits per heavy atom. The van der Waals surface area contributed by atoms with Crippen LogP contribution >= 0.6 is 0 Å². The smallest absolute Gasteiger partial charge is 0.231 e. The lowest BCUT2D eigenvalue weighted by atomic mass is 10.00. The Labute approximate surface area is 114 Å². The van der Waals surface area contributed by atoms with E-state index in [1.54, 1.807) is 0 Å². The molecule has 19 heavy (non-hydrogen) atoms. The second-order valence-electron chi connectivity index (χ2n) is 5.42. The van der Waals surface area contributed by atoms with E-state index in [-0.39, 0.29) is 0 Å². The predicted molar refractivity (Wildman–Crippen MR) is 74.9 cm³/mol. The molecule has 0 saturated carbocycles. The largest absolute Gasteiger partial charge is 0.454 e. The maximum Gasteiger partial charge on any atom is 0.231 e. The number of hydrogen-bond donors (Lipinski definition) is 1. The van der Waals surface area contributed by atoms with Crippen molar-refractivity contribution >= 4 is 0 Å². The first-order valence-electron chi connectivity index (χ1n) is 7.15. The van der Waals surface area contributed by atoms with Gasteiger partial charge in [0.1, 0.15) is 0 Å². The molecule has 0 radical (unpaired) electrons. The average molecular weight is 262 g/mol. The molecule has 1 N–H and O–H groups in total. The summed E-state index contributed by atoms with van der Waals surface area (Å²) in [6, 6.07) is 6.31. The summed E-state index contributed by atoms with van der Waals surface area (Å²) < 4.78 is 10.8. The topological polar surface area (TPSA) is 33.7 Å². The average Bonchev–Trinajstić information content (AvgIpc) is 2.75. The van der Waals surface area contributed by atoms with Crippen LogP contribution in [-0.2, 0) is 0 Å². The molecule has 1 aromatic carbocycles. The molecule has 0 bridgehead atoms. The van der Waals surface area contributed by atoms with Crippen molar-refractivity contribution in [2.75, 3.05) is 39.5 Å². The van der Waals surface area contributed by atoms with E-state index < -0.39 is 0 Å². The van der Waals surface area contributed by atoms with Gasteiger partial charge in [0.15, 0.2) is 11.5 Å². The number of benzene rings is 1. The molecule has 104 valence electrons. The molecule has 0 aliphatic carbocycles. The fourth-order valence-corrected chi connectivity index (χ4v) is 2.80. The molecule has 0 aromatic heterocycles. The monoisotopic (exact) mass is 262 g/mol. The molecule has 0 amide bonds. The Bertz CT molecular complexity index is 428. The summed E-state index contributed by atoms with van der Waals surface area (Å²) in [6.07, 6.45) is 1.24. The molecular weight excluding hydrogens is 240 g/mol. The van der Waals surface area contributed by atoms with Gasteiger partial charge in [0, 0.05) is 19.6 Å². The summed E-state index contributed by atoms with van der Waals surface area (Å²) in [5.74, 6) is 2.28. The zero-order valence-corrected chi connectivity index (χ0v) is 11.5. The maximum atomic E-state index is 5.45. The predicted octanol–water partition coefficient (Wildman–Crippen LogP) is 1.81. The zero-order chi connectivity index (χ0) is 13.1. The Morgan fingerprint density at radius 1 is 1.21 bits per heavy atom. The second kappa shape index (κ2) is 5.80. The summed E-state index contributed by atoms with van der Waals surface area (Å²) in [5.41, 5.74) is 1.33. The van der Waals surface area contributed by atoms with Gasteiger partial charge in [-0.2, -0.15) is 0 Å². The van der Waals surface area contributed by atoms with Crippen molar-refractivity contribution in [3.8, 4) is 11.5 Å². The summed E-state index contributed by atoms with van der Waals surface area (Å²) in [6.45, 7) is 8.35. The van der Waals surface area contributed by atoms with E-state index in [0.717, 1.165) is 37.7 Å². The van der Waals surface area contributed by atoms with Crippen molar-refractivity contribution in [3.05, 3.63) is 23.8 Å². The molecule has 4 nitrogen and oxygen atoms in total. The lowest BCUT2D eigenvalue weighted by Gasteiger charge is -2.24. The van der Waals surface area contributed by atoms with Gasteiger partial charge in [-0.3, -0.25) is 0 Å².